The lowest BCUT2D eigenvalue weighted by Crippen LogP contribution is -2.34. The number of rotatable bonds is 7. The van der Waals surface area contributed by atoms with Gasteiger partial charge in [-0.2, -0.15) is 0 Å². The Morgan fingerprint density at radius 3 is 2.37 bits per heavy atom. The number of hydrogen-bond acceptors (Lipinski definition) is 3. The van der Waals surface area contributed by atoms with E-state index in [2.05, 4.69) is 36.6 Å². The fourth-order valence-electron chi connectivity index (χ4n) is 3.14. The van der Waals surface area contributed by atoms with Crippen LogP contribution in [0.1, 0.15) is 41.3 Å². The largest absolute Gasteiger partial charge is 0.492 e. The number of anilines is 1. The summed E-state index contributed by atoms with van der Waals surface area (Å²) in [7, 11) is 0. The minimum absolute atomic E-state index is 0.257. The minimum Gasteiger partial charge on any atom is -0.492 e. The maximum atomic E-state index is 12.8. The van der Waals surface area contributed by atoms with Gasteiger partial charge in [-0.25, -0.2) is 0 Å². The van der Waals surface area contributed by atoms with E-state index in [4.69, 9.17) is 17.0 Å². The fourth-order valence-corrected chi connectivity index (χ4v) is 3.34. The van der Waals surface area contributed by atoms with Crippen LogP contribution in [0.4, 0.5) is 5.69 Å². The van der Waals surface area contributed by atoms with Crippen LogP contribution in [-0.4, -0.2) is 17.6 Å². The molecule has 0 saturated carbocycles. The Bertz CT molecular complexity index is 1000. The molecule has 2 N–H and O–H groups in total. The summed E-state index contributed by atoms with van der Waals surface area (Å²) in [5.74, 6) is 0.576. The summed E-state index contributed by atoms with van der Waals surface area (Å²) in [4.78, 5) is 12.8. The van der Waals surface area contributed by atoms with Crippen molar-refractivity contribution in [1.29, 1.82) is 0 Å². The molecule has 3 aromatic carbocycles. The first-order valence-electron chi connectivity index (χ1n) is 10.0. The number of hydrogen-bond donors (Lipinski definition) is 2. The molecule has 0 aliphatic heterocycles. The lowest BCUT2D eigenvalue weighted by Gasteiger charge is -2.16. The van der Waals surface area contributed by atoms with E-state index in [9.17, 15) is 4.79 Å². The molecule has 4 nitrogen and oxygen atoms in total. The van der Waals surface area contributed by atoms with Crippen molar-refractivity contribution in [2.45, 2.75) is 26.2 Å². The third-order valence-corrected chi connectivity index (χ3v) is 4.88. The first-order valence-corrected chi connectivity index (χ1v) is 10.4. The van der Waals surface area contributed by atoms with Gasteiger partial charge < -0.3 is 10.1 Å². The molecule has 3 rings (SSSR count). The van der Waals surface area contributed by atoms with E-state index in [0.29, 0.717) is 23.8 Å². The molecule has 5 heteroatoms. The third kappa shape index (κ3) is 5.91. The zero-order valence-corrected chi connectivity index (χ0v) is 18.0. The number of nitrogens with one attached hydrogen (secondary N) is 2. The van der Waals surface area contributed by atoms with Crippen LogP contribution in [0, 0.1) is 0 Å². The summed E-state index contributed by atoms with van der Waals surface area (Å²) >= 11 is 5.37. The van der Waals surface area contributed by atoms with Crippen molar-refractivity contribution in [1.82, 2.24) is 5.32 Å². The van der Waals surface area contributed by atoms with E-state index in [-0.39, 0.29) is 11.0 Å². The molecule has 0 radical (unpaired) electrons. The van der Waals surface area contributed by atoms with Crippen LogP contribution in [0.5, 0.6) is 5.75 Å². The van der Waals surface area contributed by atoms with E-state index in [1.165, 1.54) is 5.56 Å². The lowest BCUT2D eigenvalue weighted by atomic mass is 10.0. The molecule has 0 fully saturated rings. The number of carbonyl (C=O) groups is 1. The average Bonchev–Trinajstić information content (AvgIpc) is 2.75. The van der Waals surface area contributed by atoms with Crippen molar-refractivity contribution in [3.63, 3.8) is 0 Å². The number of amides is 1. The fraction of sp³-hybridized carbons (Fsp3) is 0.200. The molecule has 154 valence electrons. The zero-order valence-electron chi connectivity index (χ0n) is 17.2. The van der Waals surface area contributed by atoms with E-state index in [1.54, 1.807) is 12.1 Å². The summed E-state index contributed by atoms with van der Waals surface area (Å²) in [6, 6.07) is 25.2. The Labute approximate surface area is 183 Å². The number of thiocarbonyl (C=S) groups is 1. The van der Waals surface area contributed by atoms with Crippen LogP contribution in [0.15, 0.2) is 78.9 Å². The monoisotopic (exact) mass is 418 g/mol. The zero-order chi connectivity index (χ0) is 21.3. The molecule has 0 aliphatic rings. The number of para-hydroxylation sites is 2. The Kier molecular flexibility index (Phi) is 7.57. The molecular formula is C25H26N2O2S. The molecule has 30 heavy (non-hydrogen) atoms. The van der Waals surface area contributed by atoms with Crippen LogP contribution < -0.4 is 15.4 Å². The van der Waals surface area contributed by atoms with Crippen LogP contribution >= 0.6 is 12.2 Å². The SMILES string of the molecule is CC(C)c1ccccc1NC(=S)NC(=O)c1ccccc1OCCc1ccccc1. The van der Waals surface area contributed by atoms with Crippen molar-refractivity contribution < 1.29 is 9.53 Å². The summed E-state index contributed by atoms with van der Waals surface area (Å²) in [6.07, 6.45) is 0.767. The van der Waals surface area contributed by atoms with Crippen LogP contribution in [0.2, 0.25) is 0 Å². The van der Waals surface area contributed by atoms with Crippen LogP contribution in [0.3, 0.4) is 0 Å². The van der Waals surface area contributed by atoms with Gasteiger partial charge in [0.1, 0.15) is 5.75 Å². The molecule has 0 saturated heterocycles. The smallest absolute Gasteiger partial charge is 0.261 e. The molecule has 0 bridgehead atoms. The summed E-state index contributed by atoms with van der Waals surface area (Å²) in [5.41, 5.74) is 3.67. The molecule has 0 aromatic heterocycles. The van der Waals surface area contributed by atoms with E-state index in [0.717, 1.165) is 17.7 Å². The standard InChI is InChI=1S/C25H26N2O2S/c1-18(2)20-12-6-8-14-22(20)26-25(30)27-24(28)21-13-7-9-15-23(21)29-17-16-19-10-4-3-5-11-19/h3-15,18H,16-17H2,1-2H3,(H2,26,27,28,30). The molecule has 0 spiro atoms. The lowest BCUT2D eigenvalue weighted by molar-refractivity contribution is 0.0974. The van der Waals surface area contributed by atoms with Crippen molar-refractivity contribution in [2.24, 2.45) is 0 Å². The Morgan fingerprint density at radius 1 is 0.933 bits per heavy atom. The second-order valence-electron chi connectivity index (χ2n) is 7.23. The van der Waals surface area contributed by atoms with Gasteiger partial charge in [0.15, 0.2) is 5.11 Å². The van der Waals surface area contributed by atoms with Gasteiger partial charge in [-0.05, 0) is 47.5 Å². The van der Waals surface area contributed by atoms with Crippen molar-refractivity contribution in [3.05, 3.63) is 95.6 Å². The minimum atomic E-state index is -0.301. The quantitative estimate of drug-likeness (QED) is 0.493. The normalized spacial score (nSPS) is 10.5. The van der Waals surface area contributed by atoms with E-state index < -0.39 is 0 Å². The third-order valence-electron chi connectivity index (χ3n) is 4.68. The maximum absolute atomic E-state index is 12.8. The molecule has 0 heterocycles. The highest BCUT2D eigenvalue weighted by Gasteiger charge is 2.15. The van der Waals surface area contributed by atoms with Gasteiger partial charge in [-0.3, -0.25) is 10.1 Å². The van der Waals surface area contributed by atoms with Crippen molar-refractivity contribution in [2.75, 3.05) is 11.9 Å². The first kappa shape index (κ1) is 21.5. The molecule has 0 atom stereocenters. The van der Waals surface area contributed by atoms with E-state index >= 15 is 0 Å². The Hall–Kier alpha value is -3.18. The molecular weight excluding hydrogens is 392 g/mol. The highest BCUT2D eigenvalue weighted by molar-refractivity contribution is 7.80. The molecule has 3 aromatic rings. The topological polar surface area (TPSA) is 50.4 Å². The molecule has 0 unspecified atom stereocenters. The number of carbonyl (C=O) groups excluding carboxylic acids is 1. The van der Waals surface area contributed by atoms with Gasteiger partial charge in [-0.15, -0.1) is 0 Å². The molecule has 0 aliphatic carbocycles. The van der Waals surface area contributed by atoms with Crippen LogP contribution in [-0.2, 0) is 6.42 Å². The van der Waals surface area contributed by atoms with E-state index in [1.807, 2.05) is 54.6 Å². The first-order chi connectivity index (χ1) is 14.5. The van der Waals surface area contributed by atoms with Gasteiger partial charge in [0, 0.05) is 12.1 Å². The highest BCUT2D eigenvalue weighted by atomic mass is 32.1. The molecule has 1 amide bonds. The van der Waals surface area contributed by atoms with Gasteiger partial charge in [0.2, 0.25) is 0 Å². The van der Waals surface area contributed by atoms with Crippen LogP contribution in [0.25, 0.3) is 0 Å². The predicted octanol–water partition coefficient (Wildman–Crippen LogP) is 5.56. The predicted molar refractivity (Wildman–Crippen MR) is 126 cm³/mol. The van der Waals surface area contributed by atoms with Crippen molar-refractivity contribution >= 4 is 28.9 Å². The number of benzene rings is 3. The summed E-state index contributed by atoms with van der Waals surface area (Å²) in [5, 5.41) is 6.15. The summed E-state index contributed by atoms with van der Waals surface area (Å²) in [6.45, 7) is 4.72. The van der Waals surface area contributed by atoms with Gasteiger partial charge in [-0.1, -0.05) is 74.5 Å². The Balaban J connectivity index is 1.62. The second kappa shape index (κ2) is 10.6. The highest BCUT2D eigenvalue weighted by Crippen LogP contribution is 2.24. The maximum Gasteiger partial charge on any atom is 0.261 e. The van der Waals surface area contributed by atoms with Gasteiger partial charge >= 0.3 is 0 Å². The second-order valence-corrected chi connectivity index (χ2v) is 7.64. The number of ether oxygens (including phenoxy) is 1. The summed E-state index contributed by atoms with van der Waals surface area (Å²) < 4.78 is 5.89. The Morgan fingerprint density at radius 2 is 1.60 bits per heavy atom. The van der Waals surface area contributed by atoms with Gasteiger partial charge in [0.25, 0.3) is 5.91 Å². The van der Waals surface area contributed by atoms with Gasteiger partial charge in [0.05, 0.1) is 12.2 Å². The van der Waals surface area contributed by atoms with Crippen molar-refractivity contribution in [3.8, 4) is 5.75 Å². The average molecular weight is 419 g/mol.